The van der Waals surface area contributed by atoms with Crippen LogP contribution in [0.25, 0.3) is 0 Å². The molecule has 130 valence electrons. The largest absolute Gasteiger partial charge is 0.312 e. The lowest BCUT2D eigenvalue weighted by molar-refractivity contribution is -0.124. The van der Waals surface area contributed by atoms with Crippen LogP contribution in [0.1, 0.15) is 24.5 Å². The van der Waals surface area contributed by atoms with Crippen LogP contribution in [0.15, 0.2) is 48.5 Å². The van der Waals surface area contributed by atoms with Crippen molar-refractivity contribution in [3.8, 4) is 6.07 Å². The van der Waals surface area contributed by atoms with Gasteiger partial charge < -0.3 is 9.80 Å². The van der Waals surface area contributed by atoms with E-state index < -0.39 is 0 Å². The van der Waals surface area contributed by atoms with Gasteiger partial charge in [-0.2, -0.15) is 5.26 Å². The number of hydrogen-bond acceptors (Lipinski definition) is 3. The van der Waals surface area contributed by atoms with Gasteiger partial charge in [-0.3, -0.25) is 9.59 Å². The molecule has 2 aromatic carbocycles. The van der Waals surface area contributed by atoms with Gasteiger partial charge in [0.15, 0.2) is 0 Å². The van der Waals surface area contributed by atoms with Crippen LogP contribution in [0.2, 0.25) is 0 Å². The van der Waals surface area contributed by atoms with E-state index in [0.717, 1.165) is 12.1 Å². The summed E-state index contributed by atoms with van der Waals surface area (Å²) in [4.78, 5) is 29.1. The highest BCUT2D eigenvalue weighted by molar-refractivity contribution is 6.05. The zero-order chi connectivity index (χ0) is 18.3. The lowest BCUT2D eigenvalue weighted by Gasteiger charge is -2.26. The summed E-state index contributed by atoms with van der Waals surface area (Å²) in [5.41, 5.74) is 3.32. The molecule has 2 heterocycles. The number of fused-ring (bicyclic) bond motifs is 1. The molecule has 0 spiro atoms. The van der Waals surface area contributed by atoms with Gasteiger partial charge >= 0.3 is 0 Å². The zero-order valence-corrected chi connectivity index (χ0v) is 14.6. The third-order valence-electron chi connectivity index (χ3n) is 5.21. The second-order valence-corrected chi connectivity index (χ2v) is 6.96. The fourth-order valence-electron chi connectivity index (χ4n) is 3.96. The second-order valence-electron chi connectivity index (χ2n) is 6.96. The molecule has 0 N–H and O–H groups in total. The lowest BCUT2D eigenvalue weighted by atomic mass is 10.1. The minimum absolute atomic E-state index is 0.00902. The van der Waals surface area contributed by atoms with E-state index in [1.807, 2.05) is 30.0 Å². The number of amides is 2. The standard InChI is InChI=1S/C21H19N3O2/c1-14-9-16-6-2-3-8-19(16)24(14)21(26)17-11-20(25)23(13-17)18-7-4-5-15(10-18)12-22/h2-8,10,14,17H,9,11,13H2,1H3. The zero-order valence-electron chi connectivity index (χ0n) is 14.6. The highest BCUT2D eigenvalue weighted by Crippen LogP contribution is 2.35. The predicted molar refractivity (Wildman–Crippen MR) is 98.7 cm³/mol. The number of nitriles is 1. The quantitative estimate of drug-likeness (QED) is 0.841. The van der Waals surface area contributed by atoms with Crippen molar-refractivity contribution >= 4 is 23.2 Å². The fraction of sp³-hybridized carbons (Fsp3) is 0.286. The highest BCUT2D eigenvalue weighted by Gasteiger charge is 2.41. The molecule has 2 aliphatic rings. The van der Waals surface area contributed by atoms with Crippen molar-refractivity contribution in [1.29, 1.82) is 5.26 Å². The molecule has 2 aromatic rings. The Labute approximate surface area is 152 Å². The van der Waals surface area contributed by atoms with Crippen LogP contribution in [0.5, 0.6) is 0 Å². The summed E-state index contributed by atoms with van der Waals surface area (Å²) in [6, 6.07) is 17.1. The van der Waals surface area contributed by atoms with E-state index in [0.29, 0.717) is 17.8 Å². The average molecular weight is 345 g/mol. The average Bonchev–Trinajstić information content (AvgIpc) is 3.20. The maximum Gasteiger partial charge on any atom is 0.232 e. The van der Waals surface area contributed by atoms with E-state index in [1.165, 1.54) is 5.56 Å². The third kappa shape index (κ3) is 2.64. The topological polar surface area (TPSA) is 64.4 Å². The first-order valence-corrected chi connectivity index (χ1v) is 8.80. The molecule has 5 heteroatoms. The Hall–Kier alpha value is -3.13. The summed E-state index contributed by atoms with van der Waals surface area (Å²) < 4.78 is 0. The number of anilines is 2. The molecule has 1 fully saturated rings. The first-order valence-electron chi connectivity index (χ1n) is 8.80. The first kappa shape index (κ1) is 16.3. The minimum Gasteiger partial charge on any atom is -0.312 e. The van der Waals surface area contributed by atoms with E-state index in [-0.39, 0.29) is 30.2 Å². The Morgan fingerprint density at radius 3 is 2.77 bits per heavy atom. The van der Waals surface area contributed by atoms with Crippen LogP contribution in [-0.4, -0.2) is 24.4 Å². The number of carbonyl (C=O) groups excluding carboxylic acids is 2. The molecule has 2 atom stereocenters. The summed E-state index contributed by atoms with van der Waals surface area (Å²) in [6.07, 6.45) is 1.05. The maximum absolute atomic E-state index is 13.2. The SMILES string of the molecule is CC1Cc2ccccc2N1C(=O)C1CC(=O)N(c2cccc(C#N)c2)C1. The molecule has 2 unspecified atom stereocenters. The van der Waals surface area contributed by atoms with Gasteiger partial charge in [0, 0.05) is 30.4 Å². The van der Waals surface area contributed by atoms with Crippen molar-refractivity contribution in [2.24, 2.45) is 5.92 Å². The normalized spacial score (nSPS) is 21.6. The van der Waals surface area contributed by atoms with Crippen LogP contribution in [0, 0.1) is 17.2 Å². The molecule has 26 heavy (non-hydrogen) atoms. The van der Waals surface area contributed by atoms with Gasteiger partial charge in [-0.05, 0) is 43.2 Å². The summed E-state index contributed by atoms with van der Waals surface area (Å²) in [5, 5.41) is 9.06. The third-order valence-corrected chi connectivity index (χ3v) is 5.21. The molecule has 2 amide bonds. The van der Waals surface area contributed by atoms with Gasteiger partial charge in [0.1, 0.15) is 0 Å². The monoisotopic (exact) mass is 345 g/mol. The molecule has 2 aliphatic heterocycles. The molecule has 0 aromatic heterocycles. The Morgan fingerprint density at radius 2 is 1.96 bits per heavy atom. The fourth-order valence-corrected chi connectivity index (χ4v) is 3.96. The summed E-state index contributed by atoms with van der Waals surface area (Å²) in [6.45, 7) is 2.40. The maximum atomic E-state index is 13.2. The van der Waals surface area contributed by atoms with Gasteiger partial charge in [-0.25, -0.2) is 0 Å². The van der Waals surface area contributed by atoms with Gasteiger partial charge in [-0.1, -0.05) is 24.3 Å². The second kappa shape index (κ2) is 6.30. The number of carbonyl (C=O) groups is 2. The van der Waals surface area contributed by atoms with Gasteiger partial charge in [0.05, 0.1) is 17.6 Å². The van der Waals surface area contributed by atoms with Gasteiger partial charge in [0.2, 0.25) is 11.8 Å². The molecule has 0 saturated carbocycles. The van der Waals surface area contributed by atoms with Crippen molar-refractivity contribution in [2.45, 2.75) is 25.8 Å². The van der Waals surface area contributed by atoms with Gasteiger partial charge in [0.25, 0.3) is 0 Å². The van der Waals surface area contributed by atoms with E-state index in [4.69, 9.17) is 5.26 Å². The Morgan fingerprint density at radius 1 is 1.15 bits per heavy atom. The molecular weight excluding hydrogens is 326 g/mol. The van der Waals surface area contributed by atoms with Crippen LogP contribution in [0.3, 0.4) is 0 Å². The Bertz CT molecular complexity index is 931. The highest BCUT2D eigenvalue weighted by atomic mass is 16.2. The molecule has 0 aliphatic carbocycles. The van der Waals surface area contributed by atoms with Crippen molar-refractivity contribution in [3.63, 3.8) is 0 Å². The van der Waals surface area contributed by atoms with Crippen LogP contribution >= 0.6 is 0 Å². The Balaban J connectivity index is 1.57. The van der Waals surface area contributed by atoms with E-state index in [1.54, 1.807) is 29.2 Å². The van der Waals surface area contributed by atoms with E-state index in [9.17, 15) is 9.59 Å². The van der Waals surface area contributed by atoms with Crippen molar-refractivity contribution in [2.75, 3.05) is 16.3 Å². The first-order chi connectivity index (χ1) is 12.6. The van der Waals surface area contributed by atoms with Crippen molar-refractivity contribution in [1.82, 2.24) is 0 Å². The molecule has 0 radical (unpaired) electrons. The van der Waals surface area contributed by atoms with Crippen LogP contribution in [0.4, 0.5) is 11.4 Å². The predicted octanol–water partition coefficient (Wildman–Crippen LogP) is 2.89. The summed E-state index contributed by atoms with van der Waals surface area (Å²) >= 11 is 0. The molecule has 4 rings (SSSR count). The number of benzene rings is 2. The van der Waals surface area contributed by atoms with Gasteiger partial charge in [-0.15, -0.1) is 0 Å². The number of rotatable bonds is 2. The number of hydrogen-bond donors (Lipinski definition) is 0. The molecule has 0 bridgehead atoms. The minimum atomic E-state index is -0.359. The molecule has 1 saturated heterocycles. The number of nitrogens with zero attached hydrogens (tertiary/aromatic N) is 3. The smallest absolute Gasteiger partial charge is 0.232 e. The van der Waals surface area contributed by atoms with Crippen LogP contribution in [-0.2, 0) is 16.0 Å². The Kier molecular flexibility index (Phi) is 3.96. The van der Waals surface area contributed by atoms with Crippen LogP contribution < -0.4 is 9.80 Å². The van der Waals surface area contributed by atoms with E-state index >= 15 is 0 Å². The summed E-state index contributed by atoms with van der Waals surface area (Å²) in [7, 11) is 0. The number of para-hydroxylation sites is 1. The van der Waals surface area contributed by atoms with Crippen molar-refractivity contribution in [3.05, 3.63) is 59.7 Å². The van der Waals surface area contributed by atoms with E-state index in [2.05, 4.69) is 12.1 Å². The molecular formula is C21H19N3O2. The van der Waals surface area contributed by atoms with Crippen molar-refractivity contribution < 1.29 is 9.59 Å². The lowest BCUT2D eigenvalue weighted by Crippen LogP contribution is -2.41. The summed E-state index contributed by atoms with van der Waals surface area (Å²) in [5.74, 6) is -0.421. The molecule has 5 nitrogen and oxygen atoms in total.